The average Bonchev–Trinajstić information content (AvgIpc) is 2.43. The summed E-state index contributed by atoms with van der Waals surface area (Å²) in [5.41, 5.74) is 12.5. The summed E-state index contributed by atoms with van der Waals surface area (Å²) in [6, 6.07) is 3.30. The summed E-state index contributed by atoms with van der Waals surface area (Å²) in [7, 11) is -3.88. The largest absolute Gasteiger partial charge is 0.398 e. The zero-order valence-corrected chi connectivity index (χ0v) is 12.9. The summed E-state index contributed by atoms with van der Waals surface area (Å²) in [5, 5.41) is 9.29. The number of aryl methyl sites for hydroxylation is 1. The van der Waals surface area contributed by atoms with Gasteiger partial charge in [0, 0.05) is 12.2 Å². The second-order valence-corrected chi connectivity index (χ2v) is 6.37. The number of primary amides is 1. The molecule has 1 aromatic carbocycles. The van der Waals surface area contributed by atoms with Crippen molar-refractivity contribution in [3.63, 3.8) is 0 Å². The minimum atomic E-state index is -3.88. The van der Waals surface area contributed by atoms with Crippen molar-refractivity contribution in [1.82, 2.24) is 4.72 Å². The van der Waals surface area contributed by atoms with Crippen LogP contribution in [0.1, 0.15) is 25.0 Å². The molecule has 6 N–H and O–H groups in total. The van der Waals surface area contributed by atoms with Gasteiger partial charge in [-0.2, -0.15) is 0 Å². The van der Waals surface area contributed by atoms with Crippen molar-refractivity contribution in [3.05, 3.63) is 23.3 Å². The van der Waals surface area contributed by atoms with Crippen LogP contribution in [0.3, 0.4) is 0 Å². The standard InChI is InChI=1S/C13H21N3O4S/c1-3-8-5-10(14)9(4-2)12(6-8)21(19,20)16-7-11(17)13(15)18/h5-6,11,16-17H,3-4,7,14H2,1-2H3,(H2,15,18). The van der Waals surface area contributed by atoms with Crippen LogP contribution in [0.15, 0.2) is 17.0 Å². The monoisotopic (exact) mass is 315 g/mol. The van der Waals surface area contributed by atoms with Gasteiger partial charge in [0.25, 0.3) is 0 Å². The first-order valence-electron chi connectivity index (χ1n) is 6.61. The molecule has 0 saturated heterocycles. The molecular weight excluding hydrogens is 294 g/mol. The Morgan fingerprint density at radius 3 is 2.43 bits per heavy atom. The van der Waals surface area contributed by atoms with E-state index in [1.165, 1.54) is 0 Å². The van der Waals surface area contributed by atoms with Gasteiger partial charge in [-0.1, -0.05) is 13.8 Å². The van der Waals surface area contributed by atoms with E-state index in [9.17, 15) is 18.3 Å². The summed E-state index contributed by atoms with van der Waals surface area (Å²) >= 11 is 0. The number of hydrogen-bond acceptors (Lipinski definition) is 5. The summed E-state index contributed by atoms with van der Waals surface area (Å²) in [6.07, 6.45) is -0.484. The van der Waals surface area contributed by atoms with Crippen LogP contribution in [0.4, 0.5) is 5.69 Å². The van der Waals surface area contributed by atoms with Crippen LogP contribution in [0.2, 0.25) is 0 Å². The maximum absolute atomic E-state index is 12.3. The quantitative estimate of drug-likeness (QED) is 0.504. The molecule has 118 valence electrons. The van der Waals surface area contributed by atoms with E-state index >= 15 is 0 Å². The van der Waals surface area contributed by atoms with E-state index in [4.69, 9.17) is 11.5 Å². The summed E-state index contributed by atoms with van der Waals surface area (Å²) in [6.45, 7) is 3.22. The normalized spacial score (nSPS) is 13.1. The number of carbonyl (C=O) groups excluding carboxylic acids is 1. The van der Waals surface area contributed by atoms with Crippen molar-refractivity contribution in [3.8, 4) is 0 Å². The first-order valence-corrected chi connectivity index (χ1v) is 8.09. The van der Waals surface area contributed by atoms with Crippen molar-refractivity contribution in [2.45, 2.75) is 37.7 Å². The molecule has 0 aliphatic rings. The highest BCUT2D eigenvalue weighted by atomic mass is 32.2. The maximum Gasteiger partial charge on any atom is 0.247 e. The Morgan fingerprint density at radius 2 is 1.95 bits per heavy atom. The Bertz CT molecular complexity index is 629. The van der Waals surface area contributed by atoms with E-state index in [-0.39, 0.29) is 4.90 Å². The number of nitrogens with two attached hydrogens (primary N) is 2. The number of nitrogens with one attached hydrogen (secondary N) is 1. The number of carbonyl (C=O) groups is 1. The van der Waals surface area contributed by atoms with Crippen LogP contribution in [0.25, 0.3) is 0 Å². The van der Waals surface area contributed by atoms with Crippen molar-refractivity contribution in [1.29, 1.82) is 0 Å². The van der Waals surface area contributed by atoms with Crippen molar-refractivity contribution >= 4 is 21.6 Å². The smallest absolute Gasteiger partial charge is 0.247 e. The number of anilines is 1. The Morgan fingerprint density at radius 1 is 1.33 bits per heavy atom. The molecule has 1 aromatic rings. The molecule has 21 heavy (non-hydrogen) atoms. The number of hydrogen-bond donors (Lipinski definition) is 4. The lowest BCUT2D eigenvalue weighted by molar-refractivity contribution is -0.125. The molecule has 1 atom stereocenters. The number of amides is 1. The topological polar surface area (TPSA) is 136 Å². The van der Waals surface area contributed by atoms with Crippen LogP contribution in [0.5, 0.6) is 0 Å². The molecular formula is C13H21N3O4S. The molecule has 7 nitrogen and oxygen atoms in total. The van der Waals surface area contributed by atoms with Gasteiger partial charge in [-0.25, -0.2) is 13.1 Å². The Kier molecular flexibility index (Phi) is 5.70. The molecule has 0 spiro atoms. The number of aliphatic hydroxyl groups excluding tert-OH is 1. The van der Waals surface area contributed by atoms with Gasteiger partial charge < -0.3 is 16.6 Å². The highest BCUT2D eigenvalue weighted by Gasteiger charge is 2.22. The lowest BCUT2D eigenvalue weighted by atomic mass is 10.1. The lowest BCUT2D eigenvalue weighted by Crippen LogP contribution is -2.40. The molecule has 0 fully saturated rings. The van der Waals surface area contributed by atoms with Crippen LogP contribution in [-0.4, -0.2) is 32.1 Å². The van der Waals surface area contributed by atoms with E-state index < -0.39 is 28.6 Å². The minimum absolute atomic E-state index is 0.0681. The molecule has 1 amide bonds. The third kappa shape index (κ3) is 4.16. The second-order valence-electron chi connectivity index (χ2n) is 4.64. The Balaban J connectivity index is 3.18. The fraction of sp³-hybridized carbons (Fsp3) is 0.462. The molecule has 0 bridgehead atoms. The lowest BCUT2D eigenvalue weighted by Gasteiger charge is -2.15. The summed E-state index contributed by atoms with van der Waals surface area (Å²) in [5.74, 6) is -0.991. The van der Waals surface area contributed by atoms with Gasteiger partial charge in [0.05, 0.1) is 4.90 Å². The second kappa shape index (κ2) is 6.88. The van der Waals surface area contributed by atoms with Crippen molar-refractivity contribution < 1.29 is 18.3 Å². The number of aliphatic hydroxyl groups is 1. The maximum atomic E-state index is 12.3. The third-order valence-corrected chi connectivity index (χ3v) is 4.64. The number of sulfonamides is 1. The van der Waals surface area contributed by atoms with Gasteiger partial charge in [0.15, 0.2) is 0 Å². The van der Waals surface area contributed by atoms with Gasteiger partial charge >= 0.3 is 0 Å². The first kappa shape index (κ1) is 17.4. The molecule has 0 saturated carbocycles. The molecule has 0 aliphatic carbocycles. The molecule has 0 heterocycles. The zero-order chi connectivity index (χ0) is 16.2. The van der Waals surface area contributed by atoms with Gasteiger partial charge in [-0.3, -0.25) is 4.79 Å². The van der Waals surface area contributed by atoms with Crippen molar-refractivity contribution in [2.24, 2.45) is 5.73 Å². The Labute approximate surface area is 124 Å². The highest BCUT2D eigenvalue weighted by molar-refractivity contribution is 7.89. The van der Waals surface area contributed by atoms with E-state index in [0.29, 0.717) is 24.1 Å². The average molecular weight is 315 g/mol. The van der Waals surface area contributed by atoms with Gasteiger partial charge in [0.2, 0.25) is 15.9 Å². The number of rotatable bonds is 7. The first-order chi connectivity index (χ1) is 9.72. The van der Waals surface area contributed by atoms with E-state index in [2.05, 4.69) is 4.72 Å². The Hall–Kier alpha value is -1.64. The zero-order valence-electron chi connectivity index (χ0n) is 12.1. The van der Waals surface area contributed by atoms with E-state index in [0.717, 1.165) is 5.56 Å². The number of benzene rings is 1. The predicted molar refractivity (Wildman–Crippen MR) is 80.0 cm³/mol. The van der Waals surface area contributed by atoms with E-state index in [1.54, 1.807) is 19.1 Å². The van der Waals surface area contributed by atoms with Crippen LogP contribution < -0.4 is 16.2 Å². The fourth-order valence-electron chi connectivity index (χ4n) is 1.92. The molecule has 1 unspecified atom stereocenters. The van der Waals surface area contributed by atoms with Crippen LogP contribution in [-0.2, 0) is 27.7 Å². The predicted octanol–water partition coefficient (Wildman–Crippen LogP) is -0.482. The van der Waals surface area contributed by atoms with Crippen molar-refractivity contribution in [2.75, 3.05) is 12.3 Å². The summed E-state index contributed by atoms with van der Waals surface area (Å²) in [4.78, 5) is 10.8. The van der Waals surface area contributed by atoms with E-state index in [1.807, 2.05) is 6.92 Å². The number of nitrogen functional groups attached to an aromatic ring is 1. The van der Waals surface area contributed by atoms with Gasteiger partial charge in [0.1, 0.15) is 6.10 Å². The van der Waals surface area contributed by atoms with Gasteiger partial charge in [-0.05, 0) is 36.1 Å². The molecule has 0 aliphatic heterocycles. The highest BCUT2D eigenvalue weighted by Crippen LogP contribution is 2.25. The third-order valence-electron chi connectivity index (χ3n) is 3.15. The minimum Gasteiger partial charge on any atom is -0.398 e. The van der Waals surface area contributed by atoms with Crippen LogP contribution in [0, 0.1) is 0 Å². The molecule has 0 aromatic heterocycles. The van der Waals surface area contributed by atoms with Crippen LogP contribution >= 0.6 is 0 Å². The molecule has 1 rings (SSSR count). The molecule has 8 heteroatoms. The molecule has 0 radical (unpaired) electrons. The summed E-state index contributed by atoms with van der Waals surface area (Å²) < 4.78 is 26.8. The SMILES string of the molecule is CCc1cc(N)c(CC)c(S(=O)(=O)NCC(O)C(N)=O)c1. The fourth-order valence-corrected chi connectivity index (χ4v) is 3.34. The van der Waals surface area contributed by atoms with Gasteiger partial charge in [-0.15, -0.1) is 0 Å².